The Morgan fingerprint density at radius 1 is 0.769 bits per heavy atom. The van der Waals surface area contributed by atoms with Gasteiger partial charge < -0.3 is 9.13 Å². The molecule has 26 heavy (non-hydrogen) atoms. The van der Waals surface area contributed by atoms with Crippen LogP contribution in [0.1, 0.15) is 72.8 Å². The highest BCUT2D eigenvalue weighted by atomic mass is 28.3. The number of allylic oxidation sites excluding steroid dienone is 1. The number of nitrogens with zero attached hydrogens (tertiary/aromatic N) is 2. The smallest absolute Gasteiger partial charge is 0.239 e. The van der Waals surface area contributed by atoms with Crippen molar-refractivity contribution in [3.63, 3.8) is 0 Å². The molecule has 0 bridgehead atoms. The lowest BCUT2D eigenvalue weighted by molar-refractivity contribution is 0.324. The minimum Gasteiger partial charge on any atom is -0.308 e. The van der Waals surface area contributed by atoms with Crippen molar-refractivity contribution in [3.05, 3.63) is 36.4 Å². The van der Waals surface area contributed by atoms with Crippen molar-refractivity contribution in [1.82, 2.24) is 9.13 Å². The third-order valence-corrected chi connectivity index (χ3v) is 10.6. The Labute approximate surface area is 164 Å². The van der Waals surface area contributed by atoms with Crippen LogP contribution < -0.4 is 5.19 Å². The van der Waals surface area contributed by atoms with E-state index in [1.54, 1.807) is 5.19 Å². The topological polar surface area (TPSA) is 6.48 Å². The van der Waals surface area contributed by atoms with E-state index in [9.17, 15) is 0 Å². The molecule has 0 spiro atoms. The monoisotopic (exact) mass is 374 g/mol. The molecule has 1 aromatic rings. The minimum absolute atomic E-state index is 1.15. The molecule has 0 N–H and O–H groups in total. The highest BCUT2D eigenvalue weighted by Gasteiger charge is 2.44. The van der Waals surface area contributed by atoms with Gasteiger partial charge in [0.25, 0.3) is 0 Å². The highest BCUT2D eigenvalue weighted by molar-refractivity contribution is 6.87. The molecule has 0 unspecified atom stereocenters. The van der Waals surface area contributed by atoms with E-state index < -0.39 is 8.40 Å². The van der Waals surface area contributed by atoms with Gasteiger partial charge in [-0.2, -0.15) is 0 Å². The van der Waals surface area contributed by atoms with Gasteiger partial charge in [0.1, 0.15) is 0 Å². The van der Waals surface area contributed by atoms with Gasteiger partial charge in [-0.25, -0.2) is 0 Å². The lowest BCUT2D eigenvalue weighted by atomic mass is 10.1. The van der Waals surface area contributed by atoms with Crippen LogP contribution in [0.15, 0.2) is 30.8 Å². The van der Waals surface area contributed by atoms with Crippen molar-refractivity contribution in [2.45, 2.75) is 73.3 Å². The molecule has 1 aromatic carbocycles. The molecule has 3 heteroatoms. The van der Waals surface area contributed by atoms with Crippen LogP contribution in [0, 0.1) is 0 Å². The Bertz CT molecular complexity index is 496. The zero-order chi connectivity index (χ0) is 19.6. The minimum atomic E-state index is -1.91. The summed E-state index contributed by atoms with van der Waals surface area (Å²) in [7, 11) is -1.91. The summed E-state index contributed by atoms with van der Waals surface area (Å²) >= 11 is 0. The second kappa shape index (κ2) is 11.7. The fourth-order valence-electron chi connectivity index (χ4n) is 4.28. The third kappa shape index (κ3) is 5.31. The summed E-state index contributed by atoms with van der Waals surface area (Å²) in [5, 5.41) is 1.58. The van der Waals surface area contributed by atoms with E-state index in [0.29, 0.717) is 0 Å². The molecule has 0 aliphatic heterocycles. The van der Waals surface area contributed by atoms with Crippen LogP contribution in [0.25, 0.3) is 5.57 Å². The molecule has 1 rings (SSSR count). The molecule has 0 aliphatic carbocycles. The molecule has 2 nitrogen and oxygen atoms in total. The van der Waals surface area contributed by atoms with Crippen LogP contribution in [0.3, 0.4) is 0 Å². The SMILES string of the molecule is C=C(C)c1ccc([Si](CC)(N(CCC)CCC)N(CCC)CCC)cc1. The average molecular weight is 375 g/mol. The maximum atomic E-state index is 4.12. The summed E-state index contributed by atoms with van der Waals surface area (Å²) in [5.74, 6) is 0. The molecule has 0 saturated heterocycles. The summed E-state index contributed by atoms with van der Waals surface area (Å²) in [5.41, 5.74) is 2.42. The largest absolute Gasteiger partial charge is 0.308 e. The summed E-state index contributed by atoms with van der Waals surface area (Å²) in [4.78, 5) is 0. The second-order valence-corrected chi connectivity index (χ2v) is 11.7. The van der Waals surface area contributed by atoms with E-state index in [2.05, 4.69) is 81.5 Å². The Balaban J connectivity index is 3.51. The molecule has 148 valence electrons. The number of rotatable bonds is 13. The molecule has 0 saturated carbocycles. The van der Waals surface area contributed by atoms with Crippen LogP contribution in [-0.2, 0) is 0 Å². The van der Waals surface area contributed by atoms with Gasteiger partial charge in [0.2, 0.25) is 8.40 Å². The van der Waals surface area contributed by atoms with Gasteiger partial charge in [0.05, 0.1) is 0 Å². The van der Waals surface area contributed by atoms with E-state index in [4.69, 9.17) is 0 Å². The third-order valence-electron chi connectivity index (χ3n) is 5.35. The van der Waals surface area contributed by atoms with Gasteiger partial charge in [-0.05, 0) is 75.6 Å². The van der Waals surface area contributed by atoms with Crippen LogP contribution in [-0.4, -0.2) is 43.7 Å². The fraction of sp³-hybridized carbons (Fsp3) is 0.652. The molecule has 0 heterocycles. The van der Waals surface area contributed by atoms with Crippen LogP contribution >= 0.6 is 0 Å². The number of hydrogen-bond donors (Lipinski definition) is 0. The lowest BCUT2D eigenvalue weighted by Crippen LogP contribution is -2.73. The van der Waals surface area contributed by atoms with Crippen LogP contribution in [0.5, 0.6) is 0 Å². The first kappa shape index (κ1) is 23.1. The molecule has 0 aromatic heterocycles. The Hall–Kier alpha value is -0.903. The van der Waals surface area contributed by atoms with Crippen molar-refractivity contribution < 1.29 is 0 Å². The maximum absolute atomic E-state index is 4.12. The summed E-state index contributed by atoms with van der Waals surface area (Å²) in [6.07, 6.45) is 4.91. The summed E-state index contributed by atoms with van der Waals surface area (Å²) in [6, 6.07) is 10.7. The highest BCUT2D eigenvalue weighted by Crippen LogP contribution is 2.24. The fourth-order valence-corrected chi connectivity index (χ4v) is 9.79. The van der Waals surface area contributed by atoms with Crippen LogP contribution in [0.2, 0.25) is 6.04 Å². The zero-order valence-electron chi connectivity index (χ0n) is 18.3. The van der Waals surface area contributed by atoms with Gasteiger partial charge >= 0.3 is 0 Å². The first-order valence-corrected chi connectivity index (χ1v) is 12.9. The predicted octanol–water partition coefficient (Wildman–Crippen LogP) is 5.63. The first-order valence-electron chi connectivity index (χ1n) is 10.8. The average Bonchev–Trinajstić information content (AvgIpc) is 2.64. The van der Waals surface area contributed by atoms with Crippen molar-refractivity contribution in [1.29, 1.82) is 0 Å². The van der Waals surface area contributed by atoms with E-state index in [1.165, 1.54) is 63.5 Å². The lowest BCUT2D eigenvalue weighted by Gasteiger charge is -2.49. The summed E-state index contributed by atoms with van der Waals surface area (Å²) < 4.78 is 5.77. The van der Waals surface area contributed by atoms with Crippen molar-refractivity contribution >= 4 is 19.2 Å². The van der Waals surface area contributed by atoms with Gasteiger partial charge in [-0.3, -0.25) is 0 Å². The molecule has 0 amide bonds. The second-order valence-electron chi connectivity index (χ2n) is 7.50. The molecule has 0 aliphatic rings. The molecule has 0 radical (unpaired) electrons. The van der Waals surface area contributed by atoms with Crippen molar-refractivity contribution in [2.75, 3.05) is 26.2 Å². The Morgan fingerprint density at radius 3 is 1.42 bits per heavy atom. The van der Waals surface area contributed by atoms with Gasteiger partial charge in [-0.1, -0.05) is 71.0 Å². The van der Waals surface area contributed by atoms with E-state index in [1.807, 2.05) is 0 Å². The van der Waals surface area contributed by atoms with E-state index >= 15 is 0 Å². The molecular formula is C23H42N2Si. The molecule has 0 fully saturated rings. The van der Waals surface area contributed by atoms with Crippen molar-refractivity contribution in [3.8, 4) is 0 Å². The summed E-state index contributed by atoms with van der Waals surface area (Å²) in [6.45, 7) is 22.8. The van der Waals surface area contributed by atoms with Gasteiger partial charge in [0.15, 0.2) is 0 Å². The Kier molecular flexibility index (Phi) is 10.4. The van der Waals surface area contributed by atoms with Crippen LogP contribution in [0.4, 0.5) is 0 Å². The number of hydrogen-bond acceptors (Lipinski definition) is 2. The Morgan fingerprint density at radius 2 is 1.15 bits per heavy atom. The number of benzene rings is 1. The van der Waals surface area contributed by atoms with Gasteiger partial charge in [0, 0.05) is 0 Å². The predicted molar refractivity (Wildman–Crippen MR) is 121 cm³/mol. The van der Waals surface area contributed by atoms with Gasteiger partial charge in [-0.15, -0.1) is 0 Å². The first-order chi connectivity index (χ1) is 12.5. The maximum Gasteiger partial charge on any atom is 0.239 e. The van der Waals surface area contributed by atoms with E-state index in [-0.39, 0.29) is 0 Å². The van der Waals surface area contributed by atoms with Crippen molar-refractivity contribution in [2.24, 2.45) is 0 Å². The quantitative estimate of drug-likeness (QED) is 0.413. The normalized spacial score (nSPS) is 12.2. The standard InChI is InChI=1S/C23H42N2Si/c1-8-17-24(18-9-2)26(12-5,25(19-10-3)20-11-4)23-15-13-22(14-16-23)21(6)7/h13-16H,6,8-12,17-20H2,1-5,7H3. The zero-order valence-corrected chi connectivity index (χ0v) is 19.3. The van der Waals surface area contributed by atoms with E-state index in [0.717, 1.165) is 5.57 Å². The molecular weight excluding hydrogens is 332 g/mol. The molecule has 0 atom stereocenters.